The second kappa shape index (κ2) is 5.70. The predicted molar refractivity (Wildman–Crippen MR) is 78.2 cm³/mol. The second-order valence-corrected chi connectivity index (χ2v) is 5.84. The van der Waals surface area contributed by atoms with E-state index < -0.39 is 10.5 Å². The zero-order valence-electron chi connectivity index (χ0n) is 12.5. The lowest BCUT2D eigenvalue weighted by Crippen LogP contribution is -2.47. The van der Waals surface area contributed by atoms with Gasteiger partial charge in [-0.3, -0.25) is 15.4 Å². The van der Waals surface area contributed by atoms with Crippen LogP contribution in [0.15, 0.2) is 12.1 Å². The van der Waals surface area contributed by atoms with Gasteiger partial charge in [-0.05, 0) is 44.7 Å². The average molecular weight is 289 g/mol. The summed E-state index contributed by atoms with van der Waals surface area (Å²) in [6.45, 7) is 5.40. The fraction of sp³-hybridized carbons (Fsp3) is 0.533. The van der Waals surface area contributed by atoms with Gasteiger partial charge in [-0.1, -0.05) is 6.07 Å². The highest BCUT2D eigenvalue weighted by molar-refractivity contribution is 5.53. The van der Waals surface area contributed by atoms with E-state index in [1.54, 1.807) is 20.8 Å². The van der Waals surface area contributed by atoms with Crippen LogP contribution in [-0.2, 0) is 0 Å². The molecule has 1 N–H and O–H groups in total. The number of rotatable bonds is 6. The van der Waals surface area contributed by atoms with Crippen LogP contribution in [0.5, 0.6) is 5.75 Å². The molecule has 1 atom stereocenters. The van der Waals surface area contributed by atoms with Crippen LogP contribution in [0.1, 0.15) is 30.9 Å². The Bertz CT molecular complexity index is 605. The first-order chi connectivity index (χ1) is 9.84. The van der Waals surface area contributed by atoms with E-state index in [1.165, 1.54) is 6.07 Å². The third-order valence-electron chi connectivity index (χ3n) is 3.45. The zero-order chi connectivity index (χ0) is 15.6. The fourth-order valence-electron chi connectivity index (χ4n) is 2.26. The Balaban J connectivity index is 2.19. The summed E-state index contributed by atoms with van der Waals surface area (Å²) in [7, 11) is 0. The highest BCUT2D eigenvalue weighted by atomic mass is 16.6. The van der Waals surface area contributed by atoms with Crippen molar-refractivity contribution in [3.05, 3.63) is 33.4 Å². The lowest BCUT2D eigenvalue weighted by atomic mass is 10.1. The van der Waals surface area contributed by atoms with Crippen molar-refractivity contribution in [1.29, 1.82) is 5.26 Å². The summed E-state index contributed by atoms with van der Waals surface area (Å²) in [6.07, 6.45) is 2.11. The minimum absolute atomic E-state index is 0.0563. The van der Waals surface area contributed by atoms with Gasteiger partial charge in [0.15, 0.2) is 5.75 Å². The summed E-state index contributed by atoms with van der Waals surface area (Å²) in [5, 5.41) is 23.7. The van der Waals surface area contributed by atoms with Crippen molar-refractivity contribution in [2.75, 3.05) is 6.61 Å². The van der Waals surface area contributed by atoms with Crippen LogP contribution in [0.3, 0.4) is 0 Å². The number of benzene rings is 1. The van der Waals surface area contributed by atoms with Crippen molar-refractivity contribution < 1.29 is 9.66 Å². The van der Waals surface area contributed by atoms with Gasteiger partial charge in [0, 0.05) is 12.1 Å². The van der Waals surface area contributed by atoms with Gasteiger partial charge in [-0.25, -0.2) is 0 Å². The highest BCUT2D eigenvalue weighted by Crippen LogP contribution is 2.33. The van der Waals surface area contributed by atoms with E-state index in [-0.39, 0.29) is 18.0 Å². The van der Waals surface area contributed by atoms with E-state index in [1.807, 2.05) is 6.07 Å². The molecule has 0 spiro atoms. The summed E-state index contributed by atoms with van der Waals surface area (Å²) in [5.41, 5.74) is 0.616. The molecule has 6 heteroatoms. The number of aryl methyl sites for hydroxylation is 2. The van der Waals surface area contributed by atoms with Crippen LogP contribution in [0.4, 0.5) is 5.69 Å². The summed E-state index contributed by atoms with van der Waals surface area (Å²) in [6, 6.07) is 5.87. The van der Waals surface area contributed by atoms with Gasteiger partial charge in [0.25, 0.3) is 0 Å². The first-order valence-electron chi connectivity index (χ1n) is 6.92. The molecule has 6 nitrogen and oxygen atoms in total. The smallest absolute Gasteiger partial charge is 0.311 e. The van der Waals surface area contributed by atoms with Crippen LogP contribution in [-0.4, -0.2) is 23.1 Å². The van der Waals surface area contributed by atoms with Crippen molar-refractivity contribution in [2.45, 2.75) is 45.2 Å². The SMILES string of the molecule is Cc1cc(C)c(OCC(C)(C#N)NC2CC2)c([N+](=O)[O-])c1. The van der Waals surface area contributed by atoms with Gasteiger partial charge in [-0.15, -0.1) is 0 Å². The Labute approximate surface area is 123 Å². The number of nitro groups is 1. The second-order valence-electron chi connectivity index (χ2n) is 5.84. The number of hydrogen-bond acceptors (Lipinski definition) is 5. The normalized spacial score (nSPS) is 16.9. The largest absolute Gasteiger partial charge is 0.484 e. The molecule has 1 unspecified atom stereocenters. The molecule has 1 aromatic rings. The zero-order valence-corrected chi connectivity index (χ0v) is 12.5. The maximum atomic E-state index is 11.2. The number of nitriles is 1. The minimum atomic E-state index is -0.841. The van der Waals surface area contributed by atoms with E-state index in [9.17, 15) is 15.4 Å². The molecule has 1 saturated carbocycles. The van der Waals surface area contributed by atoms with Crippen LogP contribution in [0.2, 0.25) is 0 Å². The number of nitro benzene ring substituents is 1. The fourth-order valence-corrected chi connectivity index (χ4v) is 2.26. The summed E-state index contributed by atoms with van der Waals surface area (Å²) in [4.78, 5) is 10.7. The molecule has 21 heavy (non-hydrogen) atoms. The summed E-state index contributed by atoms with van der Waals surface area (Å²) in [5.74, 6) is 0.240. The Morgan fingerprint density at radius 2 is 2.19 bits per heavy atom. The summed E-state index contributed by atoms with van der Waals surface area (Å²) < 4.78 is 5.64. The van der Waals surface area contributed by atoms with Gasteiger partial charge in [0.2, 0.25) is 0 Å². The van der Waals surface area contributed by atoms with Crippen molar-refractivity contribution in [3.63, 3.8) is 0 Å². The molecular weight excluding hydrogens is 270 g/mol. The Kier molecular flexibility index (Phi) is 4.14. The van der Waals surface area contributed by atoms with E-state index in [0.29, 0.717) is 11.6 Å². The van der Waals surface area contributed by atoms with Gasteiger partial charge in [0.05, 0.1) is 11.0 Å². The molecule has 0 aromatic heterocycles. The van der Waals surface area contributed by atoms with Gasteiger partial charge >= 0.3 is 5.69 Å². The third-order valence-corrected chi connectivity index (χ3v) is 3.45. The molecule has 1 fully saturated rings. The Morgan fingerprint density at radius 3 is 2.71 bits per heavy atom. The van der Waals surface area contributed by atoms with Crippen LogP contribution < -0.4 is 10.1 Å². The van der Waals surface area contributed by atoms with E-state index >= 15 is 0 Å². The Hall–Kier alpha value is -2.13. The molecule has 2 rings (SSSR count). The van der Waals surface area contributed by atoms with Gasteiger partial charge in [0.1, 0.15) is 12.1 Å². The topological polar surface area (TPSA) is 88.2 Å². The number of nitrogens with zero attached hydrogens (tertiary/aromatic N) is 2. The van der Waals surface area contributed by atoms with Crippen LogP contribution in [0.25, 0.3) is 0 Å². The minimum Gasteiger partial charge on any atom is -0.484 e. The number of nitrogens with one attached hydrogen (secondary N) is 1. The molecule has 0 amide bonds. The summed E-state index contributed by atoms with van der Waals surface area (Å²) >= 11 is 0. The molecule has 1 aliphatic rings. The van der Waals surface area contributed by atoms with E-state index in [4.69, 9.17) is 4.74 Å². The van der Waals surface area contributed by atoms with E-state index in [0.717, 1.165) is 18.4 Å². The molecule has 0 radical (unpaired) electrons. The van der Waals surface area contributed by atoms with Gasteiger partial charge in [-0.2, -0.15) is 5.26 Å². The highest BCUT2D eigenvalue weighted by Gasteiger charge is 2.34. The maximum absolute atomic E-state index is 11.2. The lowest BCUT2D eigenvalue weighted by molar-refractivity contribution is -0.386. The molecule has 0 heterocycles. The third kappa shape index (κ3) is 3.70. The van der Waals surface area contributed by atoms with Crippen molar-refractivity contribution in [1.82, 2.24) is 5.32 Å². The van der Waals surface area contributed by atoms with Crippen molar-refractivity contribution in [2.24, 2.45) is 0 Å². The van der Waals surface area contributed by atoms with Crippen molar-refractivity contribution >= 4 is 5.69 Å². The molecule has 0 saturated heterocycles. The molecule has 112 valence electrons. The average Bonchev–Trinajstić information content (AvgIpc) is 3.20. The molecular formula is C15H19N3O3. The van der Waals surface area contributed by atoms with E-state index in [2.05, 4.69) is 11.4 Å². The maximum Gasteiger partial charge on any atom is 0.311 e. The van der Waals surface area contributed by atoms with Gasteiger partial charge < -0.3 is 4.74 Å². The monoisotopic (exact) mass is 289 g/mol. The lowest BCUT2D eigenvalue weighted by Gasteiger charge is -2.23. The van der Waals surface area contributed by atoms with Crippen LogP contribution in [0, 0.1) is 35.3 Å². The number of hydrogen-bond donors (Lipinski definition) is 1. The predicted octanol–water partition coefficient (Wildman–Crippen LogP) is 2.62. The molecule has 0 aliphatic heterocycles. The molecule has 1 aliphatic carbocycles. The molecule has 0 bridgehead atoms. The van der Waals surface area contributed by atoms with Crippen molar-refractivity contribution in [3.8, 4) is 11.8 Å². The standard InChI is InChI=1S/C15H19N3O3/c1-10-6-11(2)14(13(7-10)18(19)20)21-9-15(3,8-16)17-12-4-5-12/h6-7,12,17H,4-5,9H2,1-3H3. The first kappa shape index (κ1) is 15.3. The quantitative estimate of drug-likeness (QED) is 0.642. The molecule has 1 aromatic carbocycles. The van der Waals surface area contributed by atoms with Crippen LogP contribution >= 0.6 is 0 Å². The number of ether oxygens (including phenoxy) is 1. The first-order valence-corrected chi connectivity index (χ1v) is 6.92. The Morgan fingerprint density at radius 1 is 1.52 bits per heavy atom.